The van der Waals surface area contributed by atoms with E-state index in [9.17, 15) is 14.9 Å². The van der Waals surface area contributed by atoms with Crippen LogP contribution in [-0.2, 0) is 11.3 Å². The van der Waals surface area contributed by atoms with Gasteiger partial charge >= 0.3 is 0 Å². The van der Waals surface area contributed by atoms with Crippen LogP contribution in [0.15, 0.2) is 35.9 Å². The topological polar surface area (TPSA) is 74.9 Å². The molecular formula is C22H25N3O2. The highest BCUT2D eigenvalue weighted by Gasteiger charge is 2.14. The quantitative estimate of drug-likeness (QED) is 0.466. The lowest BCUT2D eigenvalue weighted by Gasteiger charge is -2.12. The van der Waals surface area contributed by atoms with Crippen molar-refractivity contribution in [2.45, 2.75) is 41.2 Å². The summed E-state index contributed by atoms with van der Waals surface area (Å²) in [6, 6.07) is 10.6. The number of rotatable bonds is 6. The molecular weight excluding hydrogens is 338 g/mol. The van der Waals surface area contributed by atoms with E-state index in [2.05, 4.69) is 23.7 Å². The van der Waals surface area contributed by atoms with E-state index < -0.39 is 5.91 Å². The highest BCUT2D eigenvalue weighted by Crippen LogP contribution is 2.20. The molecule has 1 N–H and O–H groups in total. The first kappa shape index (κ1) is 20.2. The van der Waals surface area contributed by atoms with Gasteiger partial charge in [-0.3, -0.25) is 9.59 Å². The van der Waals surface area contributed by atoms with Gasteiger partial charge in [0.05, 0.1) is 0 Å². The number of carbonyl (C=O) groups excluding carboxylic acids is 2. The predicted octanol–water partition coefficient (Wildman–Crippen LogP) is 4.51. The first-order chi connectivity index (χ1) is 12.7. The molecule has 0 aliphatic heterocycles. The Morgan fingerprint density at radius 2 is 1.96 bits per heavy atom. The maximum atomic E-state index is 12.5. The van der Waals surface area contributed by atoms with Crippen LogP contribution in [0.5, 0.6) is 0 Å². The zero-order valence-electron chi connectivity index (χ0n) is 16.5. The number of nitrogens with one attached hydrogen (secondary N) is 1. The van der Waals surface area contributed by atoms with Crippen LogP contribution in [0.1, 0.15) is 48.1 Å². The van der Waals surface area contributed by atoms with Crippen molar-refractivity contribution >= 4 is 23.5 Å². The van der Waals surface area contributed by atoms with Crippen LogP contribution in [0.2, 0.25) is 0 Å². The molecule has 0 unspecified atom stereocenters. The molecule has 1 aromatic heterocycles. The van der Waals surface area contributed by atoms with Gasteiger partial charge in [0.25, 0.3) is 5.91 Å². The van der Waals surface area contributed by atoms with Gasteiger partial charge in [0.1, 0.15) is 11.6 Å². The summed E-state index contributed by atoms with van der Waals surface area (Å²) < 4.78 is 2.19. The van der Waals surface area contributed by atoms with Gasteiger partial charge in [-0.15, -0.1) is 0 Å². The minimum Gasteiger partial charge on any atom is -0.348 e. The molecule has 0 saturated carbocycles. The second kappa shape index (κ2) is 8.50. The second-order valence-corrected chi connectivity index (χ2v) is 7.09. The minimum atomic E-state index is -0.494. The Bertz CT molecular complexity index is 943. The number of hydrogen-bond donors (Lipinski definition) is 1. The summed E-state index contributed by atoms with van der Waals surface area (Å²) >= 11 is 0. The van der Waals surface area contributed by atoms with Gasteiger partial charge < -0.3 is 9.88 Å². The molecule has 5 nitrogen and oxygen atoms in total. The van der Waals surface area contributed by atoms with E-state index >= 15 is 0 Å². The molecule has 1 amide bonds. The Hall–Kier alpha value is -3.13. The summed E-state index contributed by atoms with van der Waals surface area (Å²) in [7, 11) is 0. The SMILES string of the molecule is CC(=O)c1cccc(NC(=O)/C(C#N)=C/c2cc(C)n(CC(C)C)c2C)c1. The zero-order chi connectivity index (χ0) is 20.1. The third kappa shape index (κ3) is 4.95. The number of anilines is 1. The van der Waals surface area contributed by atoms with Crippen molar-refractivity contribution in [2.75, 3.05) is 5.32 Å². The molecule has 140 valence electrons. The predicted molar refractivity (Wildman–Crippen MR) is 107 cm³/mol. The lowest BCUT2D eigenvalue weighted by Crippen LogP contribution is -2.14. The fraction of sp³-hybridized carbons (Fsp3) is 0.318. The monoisotopic (exact) mass is 363 g/mol. The molecule has 0 bridgehead atoms. The Balaban J connectivity index is 2.29. The molecule has 0 saturated heterocycles. The first-order valence-corrected chi connectivity index (χ1v) is 8.93. The van der Waals surface area contributed by atoms with Gasteiger partial charge in [-0.2, -0.15) is 5.26 Å². The zero-order valence-corrected chi connectivity index (χ0v) is 16.5. The van der Waals surface area contributed by atoms with E-state index in [-0.39, 0.29) is 11.4 Å². The van der Waals surface area contributed by atoms with Crippen LogP contribution < -0.4 is 5.32 Å². The van der Waals surface area contributed by atoms with Gasteiger partial charge in [-0.25, -0.2) is 0 Å². The van der Waals surface area contributed by atoms with Crippen molar-refractivity contribution in [2.24, 2.45) is 5.92 Å². The molecule has 1 heterocycles. The summed E-state index contributed by atoms with van der Waals surface area (Å²) in [5.41, 5.74) is 4.00. The van der Waals surface area contributed by atoms with E-state index in [0.717, 1.165) is 23.5 Å². The van der Waals surface area contributed by atoms with Crippen LogP contribution in [-0.4, -0.2) is 16.3 Å². The molecule has 0 atom stereocenters. The second-order valence-electron chi connectivity index (χ2n) is 7.09. The number of ketones is 1. The maximum absolute atomic E-state index is 12.5. The summed E-state index contributed by atoms with van der Waals surface area (Å²) in [5.74, 6) is -0.0782. The number of aryl methyl sites for hydroxylation is 1. The number of nitrogens with zero attached hydrogens (tertiary/aromatic N) is 2. The van der Waals surface area contributed by atoms with Crippen molar-refractivity contribution < 1.29 is 9.59 Å². The fourth-order valence-electron chi connectivity index (χ4n) is 2.94. The molecule has 0 aliphatic rings. The third-order valence-electron chi connectivity index (χ3n) is 4.35. The number of hydrogen-bond acceptors (Lipinski definition) is 3. The molecule has 27 heavy (non-hydrogen) atoms. The molecule has 2 aromatic rings. The van der Waals surface area contributed by atoms with Gasteiger partial charge in [0.15, 0.2) is 5.78 Å². The molecule has 5 heteroatoms. The summed E-state index contributed by atoms with van der Waals surface area (Å²) in [6.07, 6.45) is 1.61. The molecule has 0 aliphatic carbocycles. The first-order valence-electron chi connectivity index (χ1n) is 8.93. The number of benzene rings is 1. The van der Waals surface area contributed by atoms with Crippen LogP contribution in [0.25, 0.3) is 6.08 Å². The smallest absolute Gasteiger partial charge is 0.266 e. The number of aromatic nitrogens is 1. The molecule has 0 spiro atoms. The van der Waals surface area contributed by atoms with Crippen molar-refractivity contribution in [1.29, 1.82) is 5.26 Å². The standard InChI is InChI=1S/C22H25N3O2/c1-14(2)13-25-15(3)9-19(16(25)4)10-20(12-23)22(27)24-21-8-6-7-18(11-21)17(5)26/h6-11,14H,13H2,1-5H3,(H,24,27)/b20-10+. The Labute approximate surface area is 160 Å². The van der Waals surface area contributed by atoms with E-state index in [0.29, 0.717) is 17.2 Å². The van der Waals surface area contributed by atoms with Crippen LogP contribution in [0.3, 0.4) is 0 Å². The van der Waals surface area contributed by atoms with Crippen molar-refractivity contribution in [3.05, 3.63) is 58.4 Å². The summed E-state index contributed by atoms with van der Waals surface area (Å²) in [5, 5.41) is 12.1. The minimum absolute atomic E-state index is 0.0213. The highest BCUT2D eigenvalue weighted by atomic mass is 16.1. The van der Waals surface area contributed by atoms with E-state index in [1.807, 2.05) is 26.0 Å². The van der Waals surface area contributed by atoms with Crippen LogP contribution in [0, 0.1) is 31.1 Å². The molecule has 1 aromatic carbocycles. The molecule has 2 rings (SSSR count). The van der Waals surface area contributed by atoms with Crippen molar-refractivity contribution in [1.82, 2.24) is 4.57 Å². The van der Waals surface area contributed by atoms with Crippen molar-refractivity contribution in [3.63, 3.8) is 0 Å². The van der Waals surface area contributed by atoms with E-state index in [4.69, 9.17) is 0 Å². The summed E-state index contributed by atoms with van der Waals surface area (Å²) in [4.78, 5) is 24.0. The Kier molecular flexibility index (Phi) is 6.36. The number of nitriles is 1. The number of amides is 1. The normalized spacial score (nSPS) is 11.4. The van der Waals surface area contributed by atoms with Crippen LogP contribution in [0.4, 0.5) is 5.69 Å². The molecule has 0 radical (unpaired) electrons. The maximum Gasteiger partial charge on any atom is 0.266 e. The Morgan fingerprint density at radius 1 is 1.26 bits per heavy atom. The lowest BCUT2D eigenvalue weighted by molar-refractivity contribution is -0.112. The molecule has 0 fully saturated rings. The largest absolute Gasteiger partial charge is 0.348 e. The lowest BCUT2D eigenvalue weighted by atomic mass is 10.1. The number of carbonyl (C=O) groups is 2. The van der Waals surface area contributed by atoms with E-state index in [1.165, 1.54) is 6.92 Å². The summed E-state index contributed by atoms with van der Waals surface area (Å²) in [6.45, 7) is 10.7. The highest BCUT2D eigenvalue weighted by molar-refractivity contribution is 6.10. The van der Waals surface area contributed by atoms with Gasteiger partial charge in [-0.05, 0) is 56.5 Å². The number of Topliss-reactive ketones (excluding diaryl/α,β-unsaturated/α-hetero) is 1. The van der Waals surface area contributed by atoms with Crippen LogP contribution >= 0.6 is 0 Å². The fourth-order valence-corrected chi connectivity index (χ4v) is 2.94. The van der Waals surface area contributed by atoms with Crippen molar-refractivity contribution in [3.8, 4) is 6.07 Å². The van der Waals surface area contributed by atoms with Gasteiger partial charge in [-0.1, -0.05) is 26.0 Å². The van der Waals surface area contributed by atoms with E-state index in [1.54, 1.807) is 30.3 Å². The average molecular weight is 363 g/mol. The Morgan fingerprint density at radius 3 is 2.56 bits per heavy atom. The van der Waals surface area contributed by atoms with Gasteiger partial charge in [0, 0.05) is 29.2 Å². The third-order valence-corrected chi connectivity index (χ3v) is 4.35. The average Bonchev–Trinajstić information content (AvgIpc) is 2.86. The van der Waals surface area contributed by atoms with Gasteiger partial charge in [0.2, 0.25) is 0 Å².